The van der Waals surface area contributed by atoms with Gasteiger partial charge in [-0.15, -0.1) is 0 Å². The molecule has 41 heavy (non-hydrogen) atoms. The zero-order valence-corrected chi connectivity index (χ0v) is 31.0. The van der Waals surface area contributed by atoms with Crippen LogP contribution >= 0.6 is 13.7 Å². The molecule has 0 aliphatic rings. The standard InChI is InChI=1S/C35H74O4P2/c1-9-17-25-40(26-18-10-2,27-19-11-3,28-20-12-4)38-34(36)33-35(37)39-41(29-21-13-5,30-22-14-6,31-23-15-7)32-24-16-8/h9-33H2,1-8H3. The maximum atomic E-state index is 13.9. The molecular weight excluding hydrogens is 546 g/mol. The summed E-state index contributed by atoms with van der Waals surface area (Å²) in [4.78, 5) is 27.8. The topological polar surface area (TPSA) is 52.6 Å². The molecule has 0 aliphatic heterocycles. The Kier molecular flexibility index (Phi) is 21.4. The first-order valence-electron chi connectivity index (χ1n) is 18.1. The number of rotatable bonds is 28. The molecule has 0 saturated carbocycles. The summed E-state index contributed by atoms with van der Waals surface area (Å²) in [6.45, 7) is 12.4. The number of carbonyl (C=O) groups is 2. The third kappa shape index (κ3) is 14.0. The van der Waals surface area contributed by atoms with Gasteiger partial charge in [0.25, 0.3) is 0 Å². The van der Waals surface area contributed by atoms with E-state index in [2.05, 4.69) is 55.4 Å². The van der Waals surface area contributed by atoms with Gasteiger partial charge in [0.15, 0.2) is 0 Å². The van der Waals surface area contributed by atoms with Gasteiger partial charge in [-0.05, 0) is 0 Å². The van der Waals surface area contributed by atoms with Gasteiger partial charge in [-0.1, -0.05) is 0 Å². The van der Waals surface area contributed by atoms with Crippen LogP contribution in [-0.4, -0.2) is 61.2 Å². The van der Waals surface area contributed by atoms with Crippen molar-refractivity contribution in [2.75, 3.05) is 49.3 Å². The molecule has 0 fully saturated rings. The van der Waals surface area contributed by atoms with E-state index in [0.717, 1.165) is 152 Å². The Bertz CT molecular complexity index is 563. The Morgan fingerprint density at radius 3 is 0.683 bits per heavy atom. The molecule has 0 radical (unpaired) electrons. The number of hydrogen-bond donors (Lipinski definition) is 0. The monoisotopic (exact) mass is 621 g/mol. The third-order valence-electron chi connectivity index (χ3n) is 9.63. The maximum absolute atomic E-state index is 13.9. The van der Waals surface area contributed by atoms with Gasteiger partial charge in [0.2, 0.25) is 0 Å². The Hall–Kier alpha value is -0.200. The minimum absolute atomic E-state index is 0.206. The second kappa shape index (κ2) is 21.5. The zero-order valence-electron chi connectivity index (χ0n) is 29.2. The summed E-state index contributed by atoms with van der Waals surface area (Å²) >= 11 is 0. The van der Waals surface area contributed by atoms with E-state index in [-0.39, 0.29) is 18.4 Å². The molecular formula is C35H74O4P2. The first-order valence-corrected chi connectivity index (χ1v) is 23.9. The average Bonchev–Trinajstić information content (AvgIpc) is 2.97. The molecule has 248 valence electrons. The van der Waals surface area contributed by atoms with Crippen molar-refractivity contribution in [1.29, 1.82) is 0 Å². The van der Waals surface area contributed by atoms with Gasteiger partial charge in [0.05, 0.1) is 0 Å². The van der Waals surface area contributed by atoms with Crippen LogP contribution in [0.15, 0.2) is 0 Å². The summed E-state index contributed by atoms with van der Waals surface area (Å²) in [5.74, 6) is -0.582. The molecule has 0 N–H and O–H groups in total. The molecule has 0 unspecified atom stereocenters. The predicted molar refractivity (Wildman–Crippen MR) is 189 cm³/mol. The Morgan fingerprint density at radius 2 is 0.537 bits per heavy atom. The van der Waals surface area contributed by atoms with Crippen LogP contribution < -0.4 is 0 Å². The van der Waals surface area contributed by atoms with Gasteiger partial charge in [-0.25, -0.2) is 0 Å². The summed E-state index contributed by atoms with van der Waals surface area (Å²) < 4.78 is 13.8. The molecule has 4 nitrogen and oxygen atoms in total. The van der Waals surface area contributed by atoms with Crippen molar-refractivity contribution in [3.8, 4) is 0 Å². The summed E-state index contributed by atoms with van der Waals surface area (Å²) in [7, 11) is 0. The third-order valence-corrected chi connectivity index (χ3v) is 22.6. The fourth-order valence-corrected chi connectivity index (χ4v) is 20.6. The Balaban J connectivity index is 6.42. The molecule has 0 spiro atoms. The Morgan fingerprint density at radius 1 is 0.366 bits per heavy atom. The minimum atomic E-state index is -2.77. The van der Waals surface area contributed by atoms with Crippen molar-refractivity contribution in [3.63, 3.8) is 0 Å². The normalized spacial score (nSPS) is 14.1. The second-order valence-electron chi connectivity index (χ2n) is 13.4. The van der Waals surface area contributed by atoms with Crippen molar-refractivity contribution >= 4 is 25.6 Å². The molecule has 0 aliphatic carbocycles. The first-order chi connectivity index (χ1) is 19.6. The second-order valence-corrected chi connectivity index (χ2v) is 24.8. The quantitative estimate of drug-likeness (QED) is 0.0645. The van der Waals surface area contributed by atoms with Crippen molar-refractivity contribution in [2.45, 2.75) is 165 Å². The van der Waals surface area contributed by atoms with Crippen LogP contribution in [0.4, 0.5) is 0 Å². The molecule has 0 amide bonds. The molecule has 0 atom stereocenters. The molecule has 0 rings (SSSR count). The summed E-state index contributed by atoms with van der Waals surface area (Å²) in [5.41, 5.74) is 0. The summed E-state index contributed by atoms with van der Waals surface area (Å²) in [6, 6.07) is 0. The molecule has 0 heterocycles. The van der Waals surface area contributed by atoms with E-state index in [0.29, 0.717) is 0 Å². The van der Waals surface area contributed by atoms with Gasteiger partial charge in [-0.3, -0.25) is 0 Å². The van der Waals surface area contributed by atoms with Crippen LogP contribution in [0.2, 0.25) is 0 Å². The van der Waals surface area contributed by atoms with E-state index in [4.69, 9.17) is 9.05 Å². The molecule has 0 bridgehead atoms. The number of hydrogen-bond acceptors (Lipinski definition) is 4. The van der Waals surface area contributed by atoms with Crippen LogP contribution in [0.3, 0.4) is 0 Å². The van der Waals surface area contributed by atoms with Gasteiger partial charge in [0, 0.05) is 0 Å². The van der Waals surface area contributed by atoms with E-state index in [9.17, 15) is 9.59 Å². The van der Waals surface area contributed by atoms with Crippen molar-refractivity contribution in [1.82, 2.24) is 0 Å². The van der Waals surface area contributed by atoms with E-state index in [1.165, 1.54) is 0 Å². The van der Waals surface area contributed by atoms with Crippen LogP contribution in [0.1, 0.15) is 165 Å². The number of carbonyl (C=O) groups excluding carboxylic acids is 2. The van der Waals surface area contributed by atoms with Crippen molar-refractivity contribution in [3.05, 3.63) is 0 Å². The molecule has 0 aromatic rings. The van der Waals surface area contributed by atoms with Crippen LogP contribution in [0.5, 0.6) is 0 Å². The molecule has 0 aromatic heterocycles. The van der Waals surface area contributed by atoms with Gasteiger partial charge in [0.1, 0.15) is 0 Å². The van der Waals surface area contributed by atoms with Crippen LogP contribution in [0.25, 0.3) is 0 Å². The van der Waals surface area contributed by atoms with Crippen molar-refractivity contribution in [2.24, 2.45) is 0 Å². The number of unbranched alkanes of at least 4 members (excludes halogenated alkanes) is 8. The summed E-state index contributed by atoms with van der Waals surface area (Å²) in [6.07, 6.45) is 25.7. The van der Waals surface area contributed by atoms with Gasteiger partial charge in [-0.2, -0.15) is 0 Å². The zero-order chi connectivity index (χ0) is 31.1. The van der Waals surface area contributed by atoms with Crippen LogP contribution in [-0.2, 0) is 18.6 Å². The fourth-order valence-electron chi connectivity index (χ4n) is 6.93. The van der Waals surface area contributed by atoms with Crippen LogP contribution in [0, 0.1) is 0 Å². The fraction of sp³-hybridized carbons (Fsp3) is 0.943. The first kappa shape index (κ1) is 40.8. The summed E-state index contributed by atoms with van der Waals surface area (Å²) in [5, 5.41) is 0. The average molecular weight is 621 g/mol. The molecule has 0 saturated heterocycles. The molecule has 0 aromatic carbocycles. The van der Waals surface area contributed by atoms with E-state index in [1.54, 1.807) is 0 Å². The molecule has 6 heteroatoms. The SMILES string of the molecule is CCCCP(CCCC)(CCCC)(CCCC)OC(=O)CC(=O)OP(CCCC)(CCCC)(CCCC)CCCC. The predicted octanol–water partition coefficient (Wildman–Crippen LogP) is 11.8. The van der Waals surface area contributed by atoms with Gasteiger partial charge < -0.3 is 0 Å². The van der Waals surface area contributed by atoms with E-state index >= 15 is 0 Å². The van der Waals surface area contributed by atoms with Gasteiger partial charge >= 0.3 is 258 Å². The van der Waals surface area contributed by atoms with E-state index in [1.807, 2.05) is 0 Å². The Labute approximate surface area is 257 Å². The van der Waals surface area contributed by atoms with Crippen molar-refractivity contribution < 1.29 is 18.6 Å². The van der Waals surface area contributed by atoms with E-state index < -0.39 is 13.7 Å².